The second-order valence-electron chi connectivity index (χ2n) is 4.18. The van der Waals surface area contributed by atoms with Gasteiger partial charge in [0.15, 0.2) is 0 Å². The lowest BCUT2D eigenvalue weighted by molar-refractivity contribution is -0.126. The van der Waals surface area contributed by atoms with Gasteiger partial charge in [-0.2, -0.15) is 0 Å². The Kier molecular flexibility index (Phi) is 4.16. The standard InChI is InChI=1S/C12H14ClFN2O2/c13-9-5-7(1-3-10(9)14)16-12(17)11-4-2-8(6-15)18-11/h1,3,5,8,11H,2,4,6,15H2,(H,16,17). The highest BCUT2D eigenvalue weighted by Crippen LogP contribution is 2.22. The van der Waals surface area contributed by atoms with E-state index in [9.17, 15) is 9.18 Å². The van der Waals surface area contributed by atoms with Crippen LogP contribution in [0.15, 0.2) is 18.2 Å². The first-order valence-corrected chi connectivity index (χ1v) is 6.09. The quantitative estimate of drug-likeness (QED) is 0.884. The molecule has 1 saturated heterocycles. The van der Waals surface area contributed by atoms with Gasteiger partial charge in [0.25, 0.3) is 5.91 Å². The molecule has 1 amide bonds. The van der Waals surface area contributed by atoms with E-state index < -0.39 is 11.9 Å². The van der Waals surface area contributed by atoms with Crippen LogP contribution in [-0.2, 0) is 9.53 Å². The Morgan fingerprint density at radius 2 is 2.33 bits per heavy atom. The van der Waals surface area contributed by atoms with E-state index in [0.717, 1.165) is 6.42 Å². The number of nitrogens with one attached hydrogen (secondary N) is 1. The highest BCUT2D eigenvalue weighted by molar-refractivity contribution is 6.31. The van der Waals surface area contributed by atoms with Crippen molar-refractivity contribution < 1.29 is 13.9 Å². The number of nitrogens with two attached hydrogens (primary N) is 1. The number of hydrogen-bond donors (Lipinski definition) is 2. The molecule has 4 nitrogen and oxygen atoms in total. The van der Waals surface area contributed by atoms with Gasteiger partial charge in [-0.1, -0.05) is 11.6 Å². The molecule has 2 atom stereocenters. The number of amides is 1. The first kappa shape index (κ1) is 13.3. The van der Waals surface area contributed by atoms with Gasteiger partial charge in [0.05, 0.1) is 11.1 Å². The normalized spacial score (nSPS) is 23.1. The van der Waals surface area contributed by atoms with Crippen molar-refractivity contribution in [3.63, 3.8) is 0 Å². The topological polar surface area (TPSA) is 64.4 Å². The lowest BCUT2D eigenvalue weighted by atomic mass is 10.2. The molecule has 2 rings (SSSR count). The van der Waals surface area contributed by atoms with Crippen LogP contribution in [0.3, 0.4) is 0 Å². The number of carbonyl (C=O) groups is 1. The minimum absolute atomic E-state index is 0.0278. The maximum Gasteiger partial charge on any atom is 0.253 e. The van der Waals surface area contributed by atoms with E-state index in [1.54, 1.807) is 0 Å². The molecule has 1 aliphatic rings. The molecule has 1 aliphatic heterocycles. The lowest BCUT2D eigenvalue weighted by Crippen LogP contribution is -2.29. The van der Waals surface area contributed by atoms with Crippen molar-refractivity contribution in [2.45, 2.75) is 25.0 Å². The fraction of sp³-hybridized carbons (Fsp3) is 0.417. The average Bonchev–Trinajstić information content (AvgIpc) is 2.82. The SMILES string of the molecule is NCC1CCC(C(=O)Nc2ccc(F)c(Cl)c2)O1. The smallest absolute Gasteiger partial charge is 0.253 e. The molecule has 1 aromatic carbocycles. The van der Waals surface area contributed by atoms with Gasteiger partial charge in [-0.15, -0.1) is 0 Å². The number of ether oxygens (including phenoxy) is 1. The Hall–Kier alpha value is -1.17. The minimum Gasteiger partial charge on any atom is -0.364 e. The summed E-state index contributed by atoms with van der Waals surface area (Å²) in [5.74, 6) is -0.774. The summed E-state index contributed by atoms with van der Waals surface area (Å²) in [6, 6.07) is 4.02. The molecule has 0 spiro atoms. The van der Waals surface area contributed by atoms with Crippen molar-refractivity contribution in [1.82, 2.24) is 0 Å². The molecule has 3 N–H and O–H groups in total. The van der Waals surface area contributed by atoms with Gasteiger partial charge in [0.1, 0.15) is 11.9 Å². The van der Waals surface area contributed by atoms with E-state index >= 15 is 0 Å². The Bertz CT molecular complexity index is 456. The van der Waals surface area contributed by atoms with E-state index in [0.29, 0.717) is 18.7 Å². The predicted molar refractivity (Wildman–Crippen MR) is 67.0 cm³/mol. The summed E-state index contributed by atoms with van der Waals surface area (Å²) in [5.41, 5.74) is 5.92. The third-order valence-electron chi connectivity index (χ3n) is 2.85. The summed E-state index contributed by atoms with van der Waals surface area (Å²) in [5, 5.41) is 2.61. The second-order valence-corrected chi connectivity index (χ2v) is 4.59. The van der Waals surface area contributed by atoms with E-state index in [2.05, 4.69) is 5.32 Å². The molecule has 6 heteroatoms. The number of anilines is 1. The predicted octanol–water partition coefficient (Wildman–Crippen LogP) is 1.92. The number of hydrogen-bond acceptors (Lipinski definition) is 3. The van der Waals surface area contributed by atoms with E-state index in [1.165, 1.54) is 18.2 Å². The van der Waals surface area contributed by atoms with Crippen LogP contribution < -0.4 is 11.1 Å². The Labute approximate surface area is 109 Å². The Balaban J connectivity index is 1.97. The van der Waals surface area contributed by atoms with Crippen LogP contribution in [0.5, 0.6) is 0 Å². The van der Waals surface area contributed by atoms with Crippen LogP contribution in [-0.4, -0.2) is 24.7 Å². The molecule has 0 aromatic heterocycles. The molecule has 1 fully saturated rings. The number of carbonyl (C=O) groups excluding carboxylic acids is 1. The maximum atomic E-state index is 13.0. The third kappa shape index (κ3) is 2.98. The largest absolute Gasteiger partial charge is 0.364 e. The van der Waals surface area contributed by atoms with Crippen molar-refractivity contribution in [3.8, 4) is 0 Å². The molecular formula is C12H14ClFN2O2. The molecule has 1 heterocycles. The summed E-state index contributed by atoms with van der Waals surface area (Å²) in [7, 11) is 0. The van der Waals surface area contributed by atoms with Crippen molar-refractivity contribution in [3.05, 3.63) is 29.0 Å². The molecule has 18 heavy (non-hydrogen) atoms. The van der Waals surface area contributed by atoms with Crippen molar-refractivity contribution >= 4 is 23.2 Å². The average molecular weight is 273 g/mol. The van der Waals surface area contributed by atoms with E-state index in [4.69, 9.17) is 22.1 Å². The highest BCUT2D eigenvalue weighted by Gasteiger charge is 2.29. The fourth-order valence-electron chi connectivity index (χ4n) is 1.87. The van der Waals surface area contributed by atoms with Crippen LogP contribution in [0.4, 0.5) is 10.1 Å². The van der Waals surface area contributed by atoms with Crippen LogP contribution in [0.25, 0.3) is 0 Å². The zero-order valence-corrected chi connectivity index (χ0v) is 10.4. The Morgan fingerprint density at radius 1 is 1.56 bits per heavy atom. The van der Waals surface area contributed by atoms with Crippen LogP contribution >= 0.6 is 11.6 Å². The summed E-state index contributed by atoms with van der Waals surface area (Å²) >= 11 is 5.63. The summed E-state index contributed by atoms with van der Waals surface area (Å²) in [4.78, 5) is 11.9. The van der Waals surface area contributed by atoms with E-state index in [1.807, 2.05) is 0 Å². The zero-order chi connectivity index (χ0) is 13.1. The molecular weight excluding hydrogens is 259 g/mol. The fourth-order valence-corrected chi connectivity index (χ4v) is 2.05. The van der Waals surface area contributed by atoms with Gasteiger partial charge in [-0.05, 0) is 31.0 Å². The molecule has 98 valence electrons. The summed E-state index contributed by atoms with van der Waals surface area (Å²) < 4.78 is 18.4. The van der Waals surface area contributed by atoms with Crippen molar-refractivity contribution in [2.75, 3.05) is 11.9 Å². The highest BCUT2D eigenvalue weighted by atomic mass is 35.5. The molecule has 2 unspecified atom stereocenters. The molecule has 1 aromatic rings. The van der Waals surface area contributed by atoms with Crippen LogP contribution in [0, 0.1) is 5.82 Å². The van der Waals surface area contributed by atoms with Crippen LogP contribution in [0.1, 0.15) is 12.8 Å². The Morgan fingerprint density at radius 3 is 2.94 bits per heavy atom. The second kappa shape index (κ2) is 5.65. The molecule has 0 radical (unpaired) electrons. The molecule has 0 aliphatic carbocycles. The van der Waals surface area contributed by atoms with Gasteiger partial charge in [-0.25, -0.2) is 4.39 Å². The van der Waals surface area contributed by atoms with E-state index in [-0.39, 0.29) is 17.0 Å². The number of halogens is 2. The first-order chi connectivity index (χ1) is 8.60. The third-order valence-corrected chi connectivity index (χ3v) is 3.14. The monoisotopic (exact) mass is 272 g/mol. The summed E-state index contributed by atoms with van der Waals surface area (Å²) in [6.07, 6.45) is 0.862. The van der Waals surface area contributed by atoms with Gasteiger partial charge in [0.2, 0.25) is 0 Å². The van der Waals surface area contributed by atoms with Gasteiger partial charge in [-0.3, -0.25) is 4.79 Å². The van der Waals surface area contributed by atoms with Crippen molar-refractivity contribution in [1.29, 1.82) is 0 Å². The number of rotatable bonds is 3. The van der Waals surface area contributed by atoms with Gasteiger partial charge < -0.3 is 15.8 Å². The minimum atomic E-state index is -0.519. The van der Waals surface area contributed by atoms with Crippen LogP contribution in [0.2, 0.25) is 5.02 Å². The first-order valence-electron chi connectivity index (χ1n) is 5.71. The van der Waals surface area contributed by atoms with Gasteiger partial charge >= 0.3 is 0 Å². The van der Waals surface area contributed by atoms with Crippen molar-refractivity contribution in [2.24, 2.45) is 5.73 Å². The number of benzene rings is 1. The maximum absolute atomic E-state index is 13.0. The van der Waals surface area contributed by atoms with Gasteiger partial charge in [0, 0.05) is 12.2 Å². The molecule has 0 bridgehead atoms. The lowest BCUT2D eigenvalue weighted by Gasteiger charge is -2.12. The summed E-state index contributed by atoms with van der Waals surface area (Å²) in [6.45, 7) is 0.409. The zero-order valence-electron chi connectivity index (χ0n) is 9.66. The molecule has 0 saturated carbocycles.